The molecule has 0 spiro atoms. The molecule has 2 aromatic rings. The smallest absolute Gasteiger partial charge is 0.264 e. The second-order valence-electron chi connectivity index (χ2n) is 4.37. The first-order valence-electron chi connectivity index (χ1n) is 5.83. The van der Waals surface area contributed by atoms with Gasteiger partial charge in [-0.3, -0.25) is 4.79 Å². The van der Waals surface area contributed by atoms with E-state index in [4.69, 9.17) is 0 Å². The van der Waals surface area contributed by atoms with Gasteiger partial charge < -0.3 is 4.57 Å². The minimum Gasteiger partial charge on any atom is -0.313 e. The Morgan fingerprint density at radius 2 is 2.11 bits per heavy atom. The average Bonchev–Trinajstić information content (AvgIpc) is 2.77. The van der Waals surface area contributed by atoms with E-state index in [9.17, 15) is 4.79 Å². The number of benzene rings is 1. The lowest BCUT2D eigenvalue weighted by Gasteiger charge is -2.11. The number of hydrogen-bond donors (Lipinski definition) is 0. The molecule has 0 aliphatic carbocycles. The van der Waals surface area contributed by atoms with Gasteiger partial charge in [0, 0.05) is 22.9 Å². The summed E-state index contributed by atoms with van der Waals surface area (Å²) in [5.74, 6) is 0. The highest BCUT2D eigenvalue weighted by molar-refractivity contribution is 9.10. The van der Waals surface area contributed by atoms with Crippen LogP contribution in [0.1, 0.15) is 5.56 Å². The summed E-state index contributed by atoms with van der Waals surface area (Å²) in [6.45, 7) is 0.762. The van der Waals surface area contributed by atoms with Crippen LogP contribution in [0.25, 0.3) is 0 Å². The quantitative estimate of drug-likeness (QED) is 0.846. The molecule has 1 unspecified atom stereocenters. The Morgan fingerprint density at radius 3 is 2.94 bits per heavy atom. The van der Waals surface area contributed by atoms with Crippen LogP contribution >= 0.6 is 27.7 Å². The maximum Gasteiger partial charge on any atom is 0.264 e. The molecule has 0 fully saturated rings. The number of fused-ring (bicyclic) bond motifs is 1. The molecule has 2 nitrogen and oxygen atoms in total. The molecule has 1 aliphatic rings. The van der Waals surface area contributed by atoms with E-state index < -0.39 is 0 Å². The highest BCUT2D eigenvalue weighted by atomic mass is 79.9. The fraction of sp³-hybridized carbons (Fsp3) is 0.214. The van der Waals surface area contributed by atoms with Gasteiger partial charge in [-0.2, -0.15) is 0 Å². The number of nitrogens with zero attached hydrogens (tertiary/aromatic N) is 1. The molecule has 1 aliphatic heterocycles. The fourth-order valence-electron chi connectivity index (χ4n) is 2.23. The van der Waals surface area contributed by atoms with Crippen LogP contribution in [0.2, 0.25) is 0 Å². The van der Waals surface area contributed by atoms with E-state index in [0.717, 1.165) is 13.0 Å². The monoisotopic (exact) mass is 321 g/mol. The van der Waals surface area contributed by atoms with Crippen molar-refractivity contribution >= 4 is 27.7 Å². The number of aromatic nitrogens is 1. The number of thioether (sulfide) groups is 1. The van der Waals surface area contributed by atoms with E-state index in [1.807, 2.05) is 24.0 Å². The topological polar surface area (TPSA) is 22.0 Å². The third kappa shape index (κ3) is 2.27. The van der Waals surface area contributed by atoms with Gasteiger partial charge in [-0.15, -0.1) is 11.8 Å². The molecule has 1 aromatic carbocycles. The van der Waals surface area contributed by atoms with Crippen LogP contribution in [0.15, 0.2) is 56.8 Å². The van der Waals surface area contributed by atoms with Crippen molar-refractivity contribution in [2.24, 2.45) is 0 Å². The molecule has 1 aromatic heterocycles. The zero-order valence-corrected chi connectivity index (χ0v) is 12.1. The second kappa shape index (κ2) is 4.94. The van der Waals surface area contributed by atoms with Crippen LogP contribution < -0.4 is 5.56 Å². The lowest BCUT2D eigenvalue weighted by atomic mass is 10.1. The summed E-state index contributed by atoms with van der Waals surface area (Å²) in [6.07, 6.45) is 2.90. The second-order valence-corrected chi connectivity index (χ2v) is 6.56. The SMILES string of the molecule is O=c1c(Br)cccn1CC1Cc2ccccc2S1. The highest BCUT2D eigenvalue weighted by Gasteiger charge is 2.22. The van der Waals surface area contributed by atoms with Gasteiger partial charge in [0.1, 0.15) is 0 Å². The first-order valence-corrected chi connectivity index (χ1v) is 7.51. The fourth-order valence-corrected chi connectivity index (χ4v) is 3.92. The molecule has 0 radical (unpaired) electrons. The van der Waals surface area contributed by atoms with Crippen molar-refractivity contribution in [2.75, 3.05) is 0 Å². The first-order chi connectivity index (χ1) is 8.74. The summed E-state index contributed by atoms with van der Waals surface area (Å²) in [6, 6.07) is 12.2. The molecule has 4 heteroatoms. The van der Waals surface area contributed by atoms with E-state index in [1.165, 1.54) is 10.5 Å². The van der Waals surface area contributed by atoms with Gasteiger partial charge >= 0.3 is 0 Å². The lowest BCUT2D eigenvalue weighted by molar-refractivity contribution is 0.639. The molecule has 3 rings (SSSR count). The van der Waals surface area contributed by atoms with Crippen LogP contribution in [0.5, 0.6) is 0 Å². The van der Waals surface area contributed by atoms with Crippen LogP contribution in [0, 0.1) is 0 Å². The Labute approximate surface area is 118 Å². The summed E-state index contributed by atoms with van der Waals surface area (Å²) < 4.78 is 2.42. The van der Waals surface area contributed by atoms with Gasteiger partial charge in [0.05, 0.1) is 4.47 Å². The Bertz CT molecular complexity index is 613. The van der Waals surface area contributed by atoms with Gasteiger partial charge in [-0.1, -0.05) is 18.2 Å². The predicted molar refractivity (Wildman–Crippen MR) is 78.2 cm³/mol. The van der Waals surface area contributed by atoms with Crippen molar-refractivity contribution in [2.45, 2.75) is 23.1 Å². The van der Waals surface area contributed by atoms with Crippen molar-refractivity contribution in [3.63, 3.8) is 0 Å². The molecule has 18 heavy (non-hydrogen) atoms. The van der Waals surface area contributed by atoms with Crippen LogP contribution in [0.4, 0.5) is 0 Å². The zero-order valence-electron chi connectivity index (χ0n) is 9.67. The van der Waals surface area contributed by atoms with Gasteiger partial charge in [-0.05, 0) is 46.1 Å². The molecule has 0 bridgehead atoms. The van der Waals surface area contributed by atoms with E-state index in [1.54, 1.807) is 10.6 Å². The largest absolute Gasteiger partial charge is 0.313 e. The summed E-state index contributed by atoms with van der Waals surface area (Å²) in [7, 11) is 0. The van der Waals surface area contributed by atoms with Crippen molar-refractivity contribution in [3.05, 3.63) is 63.0 Å². The first kappa shape index (κ1) is 12.1. The molecular formula is C14H12BrNOS. The normalized spacial score (nSPS) is 17.7. The number of pyridine rings is 1. The summed E-state index contributed by atoms with van der Waals surface area (Å²) in [5, 5.41) is 0.453. The molecule has 92 valence electrons. The summed E-state index contributed by atoms with van der Waals surface area (Å²) >= 11 is 5.15. The minimum absolute atomic E-state index is 0.0501. The lowest BCUT2D eigenvalue weighted by Crippen LogP contribution is -2.24. The Kier molecular flexibility index (Phi) is 3.31. The van der Waals surface area contributed by atoms with E-state index >= 15 is 0 Å². The molecular weight excluding hydrogens is 310 g/mol. The Hall–Kier alpha value is -1.00. The maximum atomic E-state index is 11.9. The minimum atomic E-state index is 0.0501. The summed E-state index contributed by atoms with van der Waals surface area (Å²) in [4.78, 5) is 13.3. The van der Waals surface area contributed by atoms with Crippen molar-refractivity contribution in [1.29, 1.82) is 0 Å². The van der Waals surface area contributed by atoms with Gasteiger partial charge in [0.25, 0.3) is 5.56 Å². The molecule has 0 N–H and O–H groups in total. The maximum absolute atomic E-state index is 11.9. The molecule has 2 heterocycles. The van der Waals surface area contributed by atoms with Crippen LogP contribution in [0.3, 0.4) is 0 Å². The molecule has 0 saturated heterocycles. The van der Waals surface area contributed by atoms with E-state index in [-0.39, 0.29) is 5.56 Å². The van der Waals surface area contributed by atoms with E-state index in [0.29, 0.717) is 9.72 Å². The van der Waals surface area contributed by atoms with Crippen LogP contribution in [-0.2, 0) is 13.0 Å². The van der Waals surface area contributed by atoms with Crippen molar-refractivity contribution < 1.29 is 0 Å². The standard InChI is InChI=1S/C14H12BrNOS/c15-12-5-3-7-16(14(12)17)9-11-8-10-4-1-2-6-13(10)18-11/h1-7,11H,8-9H2. The molecule has 1 atom stereocenters. The van der Waals surface area contributed by atoms with E-state index in [2.05, 4.69) is 40.2 Å². The number of rotatable bonds is 2. The molecule has 0 amide bonds. The van der Waals surface area contributed by atoms with Crippen molar-refractivity contribution in [1.82, 2.24) is 4.57 Å². The number of hydrogen-bond acceptors (Lipinski definition) is 2. The Balaban J connectivity index is 1.80. The highest BCUT2D eigenvalue weighted by Crippen LogP contribution is 2.37. The van der Waals surface area contributed by atoms with Crippen LogP contribution in [-0.4, -0.2) is 9.82 Å². The average molecular weight is 322 g/mol. The van der Waals surface area contributed by atoms with Gasteiger partial charge in [0.2, 0.25) is 0 Å². The zero-order chi connectivity index (χ0) is 12.5. The van der Waals surface area contributed by atoms with Gasteiger partial charge in [0.15, 0.2) is 0 Å². The van der Waals surface area contributed by atoms with Crippen molar-refractivity contribution in [3.8, 4) is 0 Å². The molecule has 0 saturated carbocycles. The third-order valence-electron chi connectivity index (χ3n) is 3.09. The predicted octanol–water partition coefficient (Wildman–Crippen LogP) is 3.33. The van der Waals surface area contributed by atoms with Gasteiger partial charge in [-0.25, -0.2) is 0 Å². The Morgan fingerprint density at radius 1 is 1.28 bits per heavy atom. The number of halogens is 1. The third-order valence-corrected chi connectivity index (χ3v) is 4.99. The summed E-state index contributed by atoms with van der Waals surface area (Å²) in [5.41, 5.74) is 1.45.